The van der Waals surface area contributed by atoms with E-state index in [1.165, 1.54) is 26.0 Å². The predicted molar refractivity (Wildman–Crippen MR) is 96.7 cm³/mol. The molecule has 1 aromatic carbocycles. The molecule has 0 bridgehead atoms. The largest absolute Gasteiger partial charge is 0.495 e. The van der Waals surface area contributed by atoms with Gasteiger partial charge in [0, 0.05) is 52.3 Å². The number of halogens is 1. The summed E-state index contributed by atoms with van der Waals surface area (Å²) in [6.45, 7) is 2.76. The maximum Gasteiger partial charge on any atom is 0.223 e. The number of carbonyl (C=O) groups excluding carboxylic acids is 2. The van der Waals surface area contributed by atoms with Gasteiger partial charge in [-0.25, -0.2) is 0 Å². The normalized spacial score (nSPS) is 10.3. The molecule has 1 rings (SSSR count). The number of hydrogen-bond acceptors (Lipinski definition) is 5. The zero-order valence-electron chi connectivity index (χ0n) is 15.1. The van der Waals surface area contributed by atoms with E-state index in [1.807, 2.05) is 0 Å². The third-order valence-corrected chi connectivity index (χ3v) is 3.83. The zero-order chi connectivity index (χ0) is 18.8. The predicted octanol–water partition coefficient (Wildman–Crippen LogP) is 2.25. The minimum absolute atomic E-state index is 0.137. The van der Waals surface area contributed by atoms with E-state index < -0.39 is 0 Å². The van der Waals surface area contributed by atoms with Crippen molar-refractivity contribution < 1.29 is 23.8 Å². The van der Waals surface area contributed by atoms with Gasteiger partial charge in [-0.2, -0.15) is 0 Å². The topological polar surface area (TPSA) is 77.1 Å². The van der Waals surface area contributed by atoms with Crippen LogP contribution in [0, 0.1) is 0 Å². The van der Waals surface area contributed by atoms with Crippen LogP contribution in [-0.4, -0.2) is 52.8 Å². The molecule has 0 heterocycles. The van der Waals surface area contributed by atoms with Crippen LogP contribution in [0.4, 0.5) is 5.69 Å². The summed E-state index contributed by atoms with van der Waals surface area (Å²) in [6, 6.07) is 3.20. The van der Waals surface area contributed by atoms with E-state index in [-0.39, 0.29) is 24.8 Å². The van der Waals surface area contributed by atoms with Crippen LogP contribution in [0.1, 0.15) is 19.8 Å². The van der Waals surface area contributed by atoms with Crippen molar-refractivity contribution in [3.05, 3.63) is 17.2 Å². The Morgan fingerprint density at radius 1 is 1.16 bits per heavy atom. The molecule has 7 nitrogen and oxygen atoms in total. The summed E-state index contributed by atoms with van der Waals surface area (Å²) >= 11 is 6.09. The number of rotatable bonds is 10. The average Bonchev–Trinajstić information content (AvgIpc) is 2.59. The van der Waals surface area contributed by atoms with Gasteiger partial charge in [-0.1, -0.05) is 11.6 Å². The van der Waals surface area contributed by atoms with Gasteiger partial charge in [0.1, 0.15) is 11.5 Å². The molecule has 0 aliphatic rings. The highest BCUT2D eigenvalue weighted by atomic mass is 35.5. The van der Waals surface area contributed by atoms with Crippen molar-refractivity contribution in [2.24, 2.45) is 0 Å². The summed E-state index contributed by atoms with van der Waals surface area (Å²) in [5, 5.41) is 3.17. The number of amides is 2. The van der Waals surface area contributed by atoms with Crippen molar-refractivity contribution in [2.75, 3.05) is 45.9 Å². The third kappa shape index (κ3) is 6.43. The average molecular weight is 373 g/mol. The van der Waals surface area contributed by atoms with Crippen LogP contribution in [-0.2, 0) is 14.3 Å². The first-order valence-electron chi connectivity index (χ1n) is 7.89. The maximum atomic E-state index is 12.1. The van der Waals surface area contributed by atoms with Gasteiger partial charge in [0.2, 0.25) is 11.8 Å². The quantitative estimate of drug-likeness (QED) is 0.637. The lowest BCUT2D eigenvalue weighted by molar-refractivity contribution is -0.121. The summed E-state index contributed by atoms with van der Waals surface area (Å²) in [6.07, 6.45) is 0.904. The Kier molecular flexibility index (Phi) is 9.08. The lowest BCUT2D eigenvalue weighted by atomic mass is 10.2. The van der Waals surface area contributed by atoms with Gasteiger partial charge >= 0.3 is 0 Å². The van der Waals surface area contributed by atoms with Crippen molar-refractivity contribution in [3.63, 3.8) is 0 Å². The molecule has 0 radical (unpaired) electrons. The molecule has 1 N–H and O–H groups in total. The molecule has 0 aromatic heterocycles. The molecule has 0 fully saturated rings. The summed E-state index contributed by atoms with van der Waals surface area (Å²) < 4.78 is 15.4. The SMILES string of the molecule is COCCCNC(=O)CCN(C(C)=O)c1cc(OC)c(Cl)cc1OC. The molecule has 25 heavy (non-hydrogen) atoms. The molecule has 0 saturated carbocycles. The molecule has 0 unspecified atom stereocenters. The first-order chi connectivity index (χ1) is 11.9. The minimum atomic E-state index is -0.213. The molecule has 0 aliphatic carbocycles. The summed E-state index contributed by atoms with van der Waals surface area (Å²) in [5.41, 5.74) is 0.503. The van der Waals surface area contributed by atoms with Gasteiger partial charge < -0.3 is 24.4 Å². The van der Waals surface area contributed by atoms with E-state index in [2.05, 4.69) is 5.32 Å². The Morgan fingerprint density at radius 2 is 1.84 bits per heavy atom. The van der Waals surface area contributed by atoms with Crippen LogP contribution in [0.25, 0.3) is 0 Å². The molecule has 0 saturated heterocycles. The molecule has 0 spiro atoms. The monoisotopic (exact) mass is 372 g/mol. The van der Waals surface area contributed by atoms with Gasteiger partial charge in [-0.15, -0.1) is 0 Å². The number of nitrogens with zero attached hydrogens (tertiary/aromatic N) is 1. The molecule has 1 aromatic rings. The highest BCUT2D eigenvalue weighted by Gasteiger charge is 2.20. The third-order valence-electron chi connectivity index (χ3n) is 3.53. The van der Waals surface area contributed by atoms with Crippen molar-refractivity contribution in [2.45, 2.75) is 19.8 Å². The molecule has 140 valence electrons. The van der Waals surface area contributed by atoms with Gasteiger partial charge in [-0.05, 0) is 6.42 Å². The van der Waals surface area contributed by atoms with Crippen LogP contribution in [0.15, 0.2) is 12.1 Å². The molecule has 8 heteroatoms. The Labute approximate surface area is 153 Å². The van der Waals surface area contributed by atoms with E-state index in [9.17, 15) is 9.59 Å². The molecular weight excluding hydrogens is 348 g/mol. The molecule has 0 aliphatic heterocycles. The first kappa shape index (κ1) is 21.1. The fourth-order valence-electron chi connectivity index (χ4n) is 2.25. The summed E-state index contributed by atoms with van der Waals surface area (Å²) in [4.78, 5) is 25.5. The number of ether oxygens (including phenoxy) is 3. The number of hydrogen-bond donors (Lipinski definition) is 1. The second-order valence-electron chi connectivity index (χ2n) is 5.28. The number of methoxy groups -OCH3 is 3. The second kappa shape index (κ2) is 10.8. The number of anilines is 1. The van der Waals surface area contributed by atoms with Gasteiger partial charge in [0.05, 0.1) is 24.9 Å². The van der Waals surface area contributed by atoms with Gasteiger partial charge in [0.25, 0.3) is 0 Å². The van der Waals surface area contributed by atoms with Crippen molar-refractivity contribution >= 4 is 29.1 Å². The number of nitrogens with one attached hydrogen (secondary N) is 1. The van der Waals surface area contributed by atoms with Crippen LogP contribution in [0.5, 0.6) is 11.5 Å². The van der Waals surface area contributed by atoms with E-state index in [1.54, 1.807) is 19.2 Å². The second-order valence-corrected chi connectivity index (χ2v) is 5.68. The summed E-state index contributed by atoms with van der Waals surface area (Å²) in [5.74, 6) is 0.506. The van der Waals surface area contributed by atoms with Crippen LogP contribution < -0.4 is 19.7 Å². The highest BCUT2D eigenvalue weighted by Crippen LogP contribution is 2.38. The maximum absolute atomic E-state index is 12.1. The van der Waals surface area contributed by atoms with Crippen LogP contribution >= 0.6 is 11.6 Å². The van der Waals surface area contributed by atoms with Gasteiger partial charge in [0.15, 0.2) is 0 Å². The zero-order valence-corrected chi connectivity index (χ0v) is 15.8. The van der Waals surface area contributed by atoms with Crippen molar-refractivity contribution in [1.29, 1.82) is 0 Å². The molecular formula is C17H25ClN2O5. The molecule has 2 amide bonds. The lowest BCUT2D eigenvalue weighted by Crippen LogP contribution is -2.34. The Balaban J connectivity index is 2.83. The standard InChI is InChI=1S/C17H25ClN2O5/c1-12(21)20(8-6-17(22)19-7-5-9-23-2)14-11-15(24-3)13(18)10-16(14)25-4/h10-11H,5-9H2,1-4H3,(H,19,22). The smallest absolute Gasteiger partial charge is 0.223 e. The number of carbonyl (C=O) groups is 2. The Morgan fingerprint density at radius 3 is 2.40 bits per heavy atom. The lowest BCUT2D eigenvalue weighted by Gasteiger charge is -2.24. The van der Waals surface area contributed by atoms with E-state index in [4.69, 9.17) is 25.8 Å². The number of benzene rings is 1. The van der Waals surface area contributed by atoms with Crippen molar-refractivity contribution in [3.8, 4) is 11.5 Å². The Hall–Kier alpha value is -1.99. The van der Waals surface area contributed by atoms with E-state index in [0.29, 0.717) is 35.4 Å². The first-order valence-corrected chi connectivity index (χ1v) is 8.27. The Bertz CT molecular complexity index is 595. The van der Waals surface area contributed by atoms with Crippen LogP contribution in [0.3, 0.4) is 0 Å². The van der Waals surface area contributed by atoms with Crippen molar-refractivity contribution in [1.82, 2.24) is 5.32 Å². The van der Waals surface area contributed by atoms with Crippen LogP contribution in [0.2, 0.25) is 5.02 Å². The summed E-state index contributed by atoms with van der Waals surface area (Å²) in [7, 11) is 4.59. The fraction of sp³-hybridized carbons (Fsp3) is 0.529. The van der Waals surface area contributed by atoms with E-state index in [0.717, 1.165) is 6.42 Å². The molecule has 0 atom stereocenters. The van der Waals surface area contributed by atoms with Gasteiger partial charge in [-0.3, -0.25) is 9.59 Å². The minimum Gasteiger partial charge on any atom is -0.495 e. The fourth-order valence-corrected chi connectivity index (χ4v) is 2.48. The van der Waals surface area contributed by atoms with E-state index >= 15 is 0 Å². The highest BCUT2D eigenvalue weighted by molar-refractivity contribution is 6.32.